The first-order valence-electron chi connectivity index (χ1n) is 6.98. The minimum atomic E-state index is -3.52. The fraction of sp³-hybridized carbons (Fsp3) is 0.615. The van der Waals surface area contributed by atoms with Crippen LogP contribution in [0.1, 0.15) is 46.0 Å². The maximum Gasteiger partial charge on any atom is 0.242 e. The van der Waals surface area contributed by atoms with E-state index in [1.165, 1.54) is 18.3 Å². The number of aromatic nitrogens is 1. The van der Waals surface area contributed by atoms with E-state index in [1.54, 1.807) is 0 Å². The Morgan fingerprint density at radius 2 is 2.00 bits per heavy atom. The van der Waals surface area contributed by atoms with Crippen molar-refractivity contribution in [1.82, 2.24) is 9.71 Å². The first kappa shape index (κ1) is 16.9. The molecule has 0 fully saturated rings. The number of unbranched alkanes of at least 4 members (excludes halogenated alkanes) is 1. The molecular formula is C13H24N4O2S. The van der Waals surface area contributed by atoms with Crippen molar-refractivity contribution in [3.8, 4) is 0 Å². The number of hydrogen-bond acceptors (Lipinski definition) is 5. The third kappa shape index (κ3) is 5.07. The van der Waals surface area contributed by atoms with Gasteiger partial charge in [0.2, 0.25) is 10.0 Å². The highest BCUT2D eigenvalue weighted by Crippen LogP contribution is 2.14. The molecule has 0 amide bonds. The lowest BCUT2D eigenvalue weighted by Crippen LogP contribution is -2.34. The lowest BCUT2D eigenvalue weighted by Gasteiger charge is -2.17. The molecule has 0 aliphatic rings. The number of nitrogens with one attached hydrogen (secondary N) is 2. The molecule has 1 atom stereocenters. The van der Waals surface area contributed by atoms with Crippen LogP contribution in [0.15, 0.2) is 23.2 Å². The van der Waals surface area contributed by atoms with Crippen LogP contribution < -0.4 is 16.0 Å². The van der Waals surface area contributed by atoms with Crippen LogP contribution in [0, 0.1) is 0 Å². The van der Waals surface area contributed by atoms with Gasteiger partial charge in [-0.15, -0.1) is 0 Å². The van der Waals surface area contributed by atoms with Crippen molar-refractivity contribution >= 4 is 15.8 Å². The van der Waals surface area contributed by atoms with Gasteiger partial charge in [-0.25, -0.2) is 24.0 Å². The van der Waals surface area contributed by atoms with Gasteiger partial charge >= 0.3 is 0 Å². The number of hydrazine groups is 1. The molecule has 6 nitrogen and oxygen atoms in total. The molecule has 1 aromatic heterocycles. The topological polar surface area (TPSA) is 97.1 Å². The minimum absolute atomic E-state index is 0.0164. The second kappa shape index (κ2) is 8.18. The smallest absolute Gasteiger partial charge is 0.242 e. The third-order valence-corrected chi connectivity index (χ3v) is 4.57. The highest BCUT2D eigenvalue weighted by molar-refractivity contribution is 7.89. The summed E-state index contributed by atoms with van der Waals surface area (Å²) in [7, 11) is -3.52. The number of hydrogen-bond donors (Lipinski definition) is 3. The summed E-state index contributed by atoms with van der Waals surface area (Å²) < 4.78 is 27.3. The van der Waals surface area contributed by atoms with Crippen LogP contribution in [-0.2, 0) is 10.0 Å². The quantitative estimate of drug-likeness (QED) is 0.479. The molecular weight excluding hydrogens is 276 g/mol. The van der Waals surface area contributed by atoms with Gasteiger partial charge in [0.1, 0.15) is 10.7 Å². The SMILES string of the molecule is CCCCC(CCC)NS(=O)(=O)c1ccc(NN)nc1. The highest BCUT2D eigenvalue weighted by Gasteiger charge is 2.19. The Labute approximate surface area is 121 Å². The second-order valence-corrected chi connectivity index (χ2v) is 6.49. The zero-order valence-corrected chi connectivity index (χ0v) is 12.9. The second-order valence-electron chi connectivity index (χ2n) is 4.77. The first-order valence-corrected chi connectivity index (χ1v) is 8.46. The summed E-state index contributed by atoms with van der Waals surface area (Å²) in [6, 6.07) is 3.01. The van der Waals surface area contributed by atoms with E-state index in [0.29, 0.717) is 5.82 Å². The molecule has 1 rings (SSSR count). The fourth-order valence-electron chi connectivity index (χ4n) is 1.97. The van der Waals surface area contributed by atoms with Crippen LogP contribution >= 0.6 is 0 Å². The number of sulfonamides is 1. The van der Waals surface area contributed by atoms with Crippen molar-refractivity contribution < 1.29 is 8.42 Å². The monoisotopic (exact) mass is 300 g/mol. The van der Waals surface area contributed by atoms with Gasteiger partial charge < -0.3 is 5.43 Å². The minimum Gasteiger partial charge on any atom is -0.308 e. The van der Waals surface area contributed by atoms with Crippen LogP contribution in [0.3, 0.4) is 0 Å². The van der Waals surface area contributed by atoms with E-state index in [0.717, 1.165) is 32.1 Å². The molecule has 0 spiro atoms. The van der Waals surface area contributed by atoms with E-state index in [2.05, 4.69) is 29.0 Å². The van der Waals surface area contributed by atoms with E-state index in [4.69, 9.17) is 5.84 Å². The van der Waals surface area contributed by atoms with Gasteiger partial charge in [-0.2, -0.15) is 0 Å². The predicted molar refractivity (Wildman–Crippen MR) is 80.6 cm³/mol. The van der Waals surface area contributed by atoms with E-state index < -0.39 is 10.0 Å². The summed E-state index contributed by atoms with van der Waals surface area (Å²) in [6.45, 7) is 4.15. The van der Waals surface area contributed by atoms with Crippen molar-refractivity contribution in [1.29, 1.82) is 0 Å². The van der Waals surface area contributed by atoms with Gasteiger partial charge in [0, 0.05) is 12.2 Å². The van der Waals surface area contributed by atoms with E-state index >= 15 is 0 Å². The van der Waals surface area contributed by atoms with Crippen molar-refractivity contribution in [2.45, 2.75) is 56.9 Å². The molecule has 0 radical (unpaired) electrons. The fourth-order valence-corrected chi connectivity index (χ4v) is 3.22. The van der Waals surface area contributed by atoms with E-state index in [9.17, 15) is 8.42 Å². The number of nitrogens with zero attached hydrogens (tertiary/aromatic N) is 1. The summed E-state index contributed by atoms with van der Waals surface area (Å²) in [5.41, 5.74) is 2.37. The Bertz CT molecular complexity index is 488. The van der Waals surface area contributed by atoms with Crippen molar-refractivity contribution in [3.63, 3.8) is 0 Å². The van der Waals surface area contributed by atoms with Gasteiger partial charge in [0.25, 0.3) is 0 Å². The molecule has 0 aromatic carbocycles. The summed E-state index contributed by atoms with van der Waals surface area (Å²) in [6.07, 6.45) is 6.03. The van der Waals surface area contributed by atoms with Gasteiger partial charge in [0.15, 0.2) is 0 Å². The standard InChI is InChI=1S/C13H24N4O2S/c1-3-5-7-11(6-4-2)17-20(18,19)12-8-9-13(16-14)15-10-12/h8-11,17H,3-7,14H2,1-2H3,(H,15,16). The molecule has 0 saturated carbocycles. The zero-order chi connectivity index (χ0) is 15.0. The first-order chi connectivity index (χ1) is 9.53. The number of nitrogen functional groups attached to an aromatic ring is 1. The Kier molecular flexibility index (Phi) is 6.90. The normalized spacial score (nSPS) is 13.2. The number of anilines is 1. The van der Waals surface area contributed by atoms with Crippen molar-refractivity contribution in [2.24, 2.45) is 5.84 Å². The van der Waals surface area contributed by atoms with Crippen LogP contribution in [0.25, 0.3) is 0 Å². The Hall–Kier alpha value is -1.18. The Morgan fingerprint density at radius 1 is 1.25 bits per heavy atom. The molecule has 1 heterocycles. The highest BCUT2D eigenvalue weighted by atomic mass is 32.2. The zero-order valence-electron chi connectivity index (χ0n) is 12.1. The van der Waals surface area contributed by atoms with Crippen LogP contribution in [0.2, 0.25) is 0 Å². The molecule has 114 valence electrons. The number of rotatable bonds is 9. The Morgan fingerprint density at radius 3 is 2.50 bits per heavy atom. The average molecular weight is 300 g/mol. The van der Waals surface area contributed by atoms with Crippen molar-refractivity contribution in [2.75, 3.05) is 5.43 Å². The summed E-state index contributed by atoms with van der Waals surface area (Å²) in [5, 5.41) is 0. The Balaban J connectivity index is 2.79. The number of nitrogens with two attached hydrogens (primary N) is 1. The van der Waals surface area contributed by atoms with Crippen molar-refractivity contribution in [3.05, 3.63) is 18.3 Å². The van der Waals surface area contributed by atoms with Gasteiger partial charge in [-0.05, 0) is 25.0 Å². The summed E-state index contributed by atoms with van der Waals surface area (Å²) in [5.74, 6) is 5.64. The molecule has 0 aliphatic heterocycles. The van der Waals surface area contributed by atoms with E-state index in [1.807, 2.05) is 0 Å². The molecule has 1 unspecified atom stereocenters. The predicted octanol–water partition coefficient (Wildman–Crippen LogP) is 2.00. The van der Waals surface area contributed by atoms with Crippen LogP contribution in [0.4, 0.5) is 5.82 Å². The third-order valence-electron chi connectivity index (χ3n) is 3.06. The van der Waals surface area contributed by atoms with Crippen LogP contribution in [0.5, 0.6) is 0 Å². The molecule has 0 bridgehead atoms. The average Bonchev–Trinajstić information content (AvgIpc) is 2.45. The lowest BCUT2D eigenvalue weighted by molar-refractivity contribution is 0.483. The molecule has 0 aliphatic carbocycles. The molecule has 1 aromatic rings. The maximum atomic E-state index is 12.3. The summed E-state index contributed by atoms with van der Waals surface area (Å²) in [4.78, 5) is 4.08. The largest absolute Gasteiger partial charge is 0.308 e. The lowest BCUT2D eigenvalue weighted by atomic mass is 10.1. The molecule has 0 saturated heterocycles. The van der Waals surface area contributed by atoms with Gasteiger partial charge in [0.05, 0.1) is 0 Å². The summed E-state index contributed by atoms with van der Waals surface area (Å²) >= 11 is 0. The number of pyridine rings is 1. The molecule has 7 heteroatoms. The van der Waals surface area contributed by atoms with Gasteiger partial charge in [-0.1, -0.05) is 33.1 Å². The van der Waals surface area contributed by atoms with Crippen LogP contribution in [-0.4, -0.2) is 19.4 Å². The molecule has 4 N–H and O–H groups in total. The molecule has 20 heavy (non-hydrogen) atoms. The maximum absolute atomic E-state index is 12.3. The van der Waals surface area contributed by atoms with E-state index in [-0.39, 0.29) is 10.9 Å². The van der Waals surface area contributed by atoms with Gasteiger partial charge in [-0.3, -0.25) is 0 Å².